The van der Waals surface area contributed by atoms with E-state index in [1.165, 1.54) is 24.7 Å². The fourth-order valence-corrected chi connectivity index (χ4v) is 3.45. The number of benzene rings is 1. The van der Waals surface area contributed by atoms with Crippen LogP contribution in [0.2, 0.25) is 0 Å². The minimum atomic E-state index is -0.972. The van der Waals surface area contributed by atoms with E-state index in [1.807, 2.05) is 0 Å². The Morgan fingerprint density at radius 2 is 1.85 bits per heavy atom. The van der Waals surface area contributed by atoms with Gasteiger partial charge in [0.2, 0.25) is 0 Å². The van der Waals surface area contributed by atoms with E-state index in [2.05, 4.69) is 17.2 Å². The van der Waals surface area contributed by atoms with Gasteiger partial charge in [-0.25, -0.2) is 14.6 Å². The van der Waals surface area contributed by atoms with Gasteiger partial charge in [0.1, 0.15) is 11.6 Å². The molecule has 11 nitrogen and oxygen atoms in total. The first-order valence-corrected chi connectivity index (χ1v) is 11.3. The number of ether oxygens (including phenoxy) is 2. The van der Waals surface area contributed by atoms with Crippen molar-refractivity contribution in [2.24, 2.45) is 0 Å². The number of unbranched alkanes of at least 4 members (excludes halogenated alkanes) is 3. The number of hydrogen-bond acceptors (Lipinski definition) is 8. The number of hydrogen-bond donors (Lipinski definition) is 1. The first-order valence-electron chi connectivity index (χ1n) is 11.3. The predicted octanol–water partition coefficient (Wildman–Crippen LogP) is 4.29. The largest absolute Gasteiger partial charge is 0.464 e. The van der Waals surface area contributed by atoms with Gasteiger partial charge in [0.15, 0.2) is 5.82 Å². The van der Waals surface area contributed by atoms with Crippen molar-refractivity contribution < 1.29 is 28.8 Å². The van der Waals surface area contributed by atoms with Crippen LogP contribution < -0.4 is 5.32 Å². The third kappa shape index (κ3) is 6.87. The number of nitrogens with zero attached hydrogens (tertiary/aromatic N) is 3. The van der Waals surface area contributed by atoms with Gasteiger partial charge in [0, 0.05) is 12.3 Å². The number of carbonyl (C=O) groups is 3. The standard InChI is InChI=1S/C23H30N4O7/c1-4-7-8-9-12-18(22(29)33-5-2)26-14-19(24-15-26)25-21(28)16-11-10-13-17(27(31)32)20(16)23(30)34-6-3/h10-11,13-15,18H,4-9,12H2,1-3H3,(H,25,28). The fourth-order valence-electron chi connectivity index (χ4n) is 3.45. The molecule has 0 saturated heterocycles. The Morgan fingerprint density at radius 1 is 1.12 bits per heavy atom. The Bertz CT molecular complexity index is 1020. The zero-order chi connectivity index (χ0) is 25.1. The van der Waals surface area contributed by atoms with E-state index in [0.717, 1.165) is 31.7 Å². The molecule has 1 N–H and O–H groups in total. The first-order chi connectivity index (χ1) is 16.3. The molecule has 0 fully saturated rings. The van der Waals surface area contributed by atoms with E-state index in [1.54, 1.807) is 18.4 Å². The van der Waals surface area contributed by atoms with E-state index in [-0.39, 0.29) is 24.6 Å². The van der Waals surface area contributed by atoms with Crippen LogP contribution in [0.4, 0.5) is 11.5 Å². The maximum atomic E-state index is 12.9. The zero-order valence-corrected chi connectivity index (χ0v) is 19.6. The molecule has 1 atom stereocenters. The molecule has 0 radical (unpaired) electrons. The molecule has 1 heterocycles. The summed E-state index contributed by atoms with van der Waals surface area (Å²) in [5, 5.41) is 13.9. The maximum Gasteiger partial charge on any atom is 0.345 e. The lowest BCUT2D eigenvalue weighted by Gasteiger charge is -2.16. The molecular weight excluding hydrogens is 444 g/mol. The van der Waals surface area contributed by atoms with E-state index in [0.29, 0.717) is 6.42 Å². The molecule has 1 unspecified atom stereocenters. The highest BCUT2D eigenvalue weighted by atomic mass is 16.6. The van der Waals surface area contributed by atoms with E-state index in [9.17, 15) is 24.5 Å². The first kappa shape index (κ1) is 26.5. The minimum Gasteiger partial charge on any atom is -0.464 e. The van der Waals surface area contributed by atoms with Crippen LogP contribution >= 0.6 is 0 Å². The number of carbonyl (C=O) groups excluding carboxylic acids is 3. The number of imidazole rings is 1. The molecule has 0 spiro atoms. The Balaban J connectivity index is 2.27. The molecular formula is C23H30N4O7. The summed E-state index contributed by atoms with van der Waals surface area (Å²) in [4.78, 5) is 52.5. The topological polar surface area (TPSA) is 143 Å². The summed E-state index contributed by atoms with van der Waals surface area (Å²) in [6.07, 6.45) is 7.39. The molecule has 0 bridgehead atoms. The average Bonchev–Trinajstić information content (AvgIpc) is 3.26. The Kier molecular flexibility index (Phi) is 10.2. The summed E-state index contributed by atoms with van der Waals surface area (Å²) in [5.41, 5.74) is -1.19. The Labute approximate surface area is 197 Å². The number of aromatic nitrogens is 2. The smallest absolute Gasteiger partial charge is 0.345 e. The van der Waals surface area contributed by atoms with Crippen molar-refractivity contribution in [1.82, 2.24) is 9.55 Å². The van der Waals surface area contributed by atoms with Crippen molar-refractivity contribution in [3.8, 4) is 0 Å². The maximum absolute atomic E-state index is 12.9. The van der Waals surface area contributed by atoms with Gasteiger partial charge in [0.25, 0.3) is 11.6 Å². The quantitative estimate of drug-likeness (QED) is 0.196. The number of nitro benzene ring substituents is 1. The molecule has 0 aliphatic heterocycles. The van der Waals surface area contributed by atoms with Crippen molar-refractivity contribution in [1.29, 1.82) is 0 Å². The second kappa shape index (κ2) is 13.1. The van der Waals surface area contributed by atoms with Crippen molar-refractivity contribution >= 4 is 29.4 Å². The minimum absolute atomic E-state index is 0.0101. The van der Waals surface area contributed by atoms with Crippen LogP contribution in [0.1, 0.15) is 79.6 Å². The summed E-state index contributed by atoms with van der Waals surface area (Å²) in [7, 11) is 0. The van der Waals surface area contributed by atoms with Crippen molar-refractivity contribution in [3.63, 3.8) is 0 Å². The van der Waals surface area contributed by atoms with Crippen LogP contribution in [0.3, 0.4) is 0 Å². The highest BCUT2D eigenvalue weighted by Crippen LogP contribution is 2.25. The highest BCUT2D eigenvalue weighted by molar-refractivity contribution is 6.12. The zero-order valence-electron chi connectivity index (χ0n) is 19.6. The third-order valence-corrected chi connectivity index (χ3v) is 5.06. The summed E-state index contributed by atoms with van der Waals surface area (Å²) < 4.78 is 11.7. The number of esters is 2. The molecule has 0 saturated carbocycles. The molecule has 1 aromatic heterocycles. The summed E-state index contributed by atoms with van der Waals surface area (Å²) in [6, 6.07) is 3.13. The summed E-state index contributed by atoms with van der Waals surface area (Å²) in [6.45, 7) is 5.62. The molecule has 0 aliphatic rings. The monoisotopic (exact) mass is 474 g/mol. The summed E-state index contributed by atoms with van der Waals surface area (Å²) in [5.74, 6) is -2.01. The molecule has 11 heteroatoms. The van der Waals surface area contributed by atoms with Gasteiger partial charge in [-0.15, -0.1) is 0 Å². The van der Waals surface area contributed by atoms with Crippen LogP contribution in [0.5, 0.6) is 0 Å². The SMILES string of the molecule is CCCCCCC(C(=O)OCC)n1cnc(NC(=O)c2cccc([N+](=O)[O-])c2C(=O)OCC)c1. The van der Waals surface area contributed by atoms with Crippen LogP contribution in [0, 0.1) is 10.1 Å². The fraction of sp³-hybridized carbons (Fsp3) is 0.478. The normalized spacial score (nSPS) is 11.5. The number of nitrogens with one attached hydrogen (secondary N) is 1. The van der Waals surface area contributed by atoms with Gasteiger partial charge in [-0.3, -0.25) is 14.9 Å². The van der Waals surface area contributed by atoms with Gasteiger partial charge in [0.05, 0.1) is 30.0 Å². The van der Waals surface area contributed by atoms with Crippen molar-refractivity contribution in [3.05, 3.63) is 52.0 Å². The lowest BCUT2D eigenvalue weighted by Crippen LogP contribution is -2.21. The van der Waals surface area contributed by atoms with Gasteiger partial charge >= 0.3 is 11.9 Å². The second-order valence-electron chi connectivity index (χ2n) is 7.45. The lowest BCUT2D eigenvalue weighted by molar-refractivity contribution is -0.385. The molecule has 34 heavy (non-hydrogen) atoms. The third-order valence-electron chi connectivity index (χ3n) is 5.06. The molecule has 1 amide bonds. The van der Waals surface area contributed by atoms with E-state index < -0.39 is 40.1 Å². The highest BCUT2D eigenvalue weighted by Gasteiger charge is 2.29. The van der Waals surface area contributed by atoms with Gasteiger partial charge in [-0.1, -0.05) is 38.7 Å². The van der Waals surface area contributed by atoms with Gasteiger partial charge < -0.3 is 19.4 Å². The second-order valence-corrected chi connectivity index (χ2v) is 7.45. The average molecular weight is 475 g/mol. The number of nitro groups is 1. The van der Waals surface area contributed by atoms with Crippen molar-refractivity contribution in [2.75, 3.05) is 18.5 Å². The number of amides is 1. The molecule has 1 aromatic carbocycles. The van der Waals surface area contributed by atoms with Crippen molar-refractivity contribution in [2.45, 2.75) is 58.9 Å². The van der Waals surface area contributed by atoms with Gasteiger partial charge in [-0.05, 0) is 26.3 Å². The van der Waals surface area contributed by atoms with E-state index in [4.69, 9.17) is 9.47 Å². The Hall–Kier alpha value is -3.76. The van der Waals surface area contributed by atoms with Gasteiger partial charge in [-0.2, -0.15) is 0 Å². The molecule has 184 valence electrons. The molecule has 0 aliphatic carbocycles. The predicted molar refractivity (Wildman–Crippen MR) is 124 cm³/mol. The molecule has 2 rings (SSSR count). The number of rotatable bonds is 13. The number of anilines is 1. The molecule has 2 aromatic rings. The summed E-state index contributed by atoms with van der Waals surface area (Å²) >= 11 is 0. The van der Waals surface area contributed by atoms with E-state index >= 15 is 0 Å². The van der Waals surface area contributed by atoms with Crippen LogP contribution in [0.25, 0.3) is 0 Å². The lowest BCUT2D eigenvalue weighted by atomic mass is 10.0. The van der Waals surface area contributed by atoms with Crippen LogP contribution in [0.15, 0.2) is 30.7 Å². The Morgan fingerprint density at radius 3 is 2.50 bits per heavy atom. The van der Waals surface area contributed by atoms with Crippen LogP contribution in [-0.2, 0) is 14.3 Å². The van der Waals surface area contributed by atoms with Crippen LogP contribution in [-0.4, -0.2) is 45.5 Å².